The first-order valence-corrected chi connectivity index (χ1v) is 12.8. The van der Waals surface area contributed by atoms with Gasteiger partial charge in [-0.15, -0.1) is 23.4 Å². The highest BCUT2D eigenvalue weighted by molar-refractivity contribution is 8.00. The number of fused-ring (bicyclic) bond motifs is 3. The fraction of sp³-hybridized carbons (Fsp3) is 0.250. The molecule has 0 spiro atoms. The second kappa shape index (κ2) is 9.20. The van der Waals surface area contributed by atoms with Crippen molar-refractivity contribution in [2.45, 2.75) is 33.9 Å². The van der Waals surface area contributed by atoms with Crippen molar-refractivity contribution < 1.29 is 4.92 Å². The van der Waals surface area contributed by atoms with Crippen LogP contribution in [-0.2, 0) is 0 Å². The van der Waals surface area contributed by atoms with Crippen molar-refractivity contribution in [1.29, 1.82) is 0 Å². The second-order valence-electron chi connectivity index (χ2n) is 8.25. The third-order valence-electron chi connectivity index (χ3n) is 6.42. The molecule has 0 bridgehead atoms. The van der Waals surface area contributed by atoms with E-state index in [-0.39, 0.29) is 39.1 Å². The molecule has 3 aromatic carbocycles. The maximum atomic E-state index is 11.5. The van der Waals surface area contributed by atoms with E-state index in [0.717, 1.165) is 23.2 Å². The van der Waals surface area contributed by atoms with Gasteiger partial charge in [0.1, 0.15) is 0 Å². The maximum absolute atomic E-state index is 11.5. The quantitative estimate of drug-likeness (QED) is 0.205. The van der Waals surface area contributed by atoms with E-state index in [2.05, 4.69) is 5.32 Å². The standard InChI is InChI=1S/C24H18Cl4N2O2S/c25-12-9-14-21-15(11-20(22(21)28)33-19-8-4-3-7-18(19)30(31)32)23(29-24(14)17(27)10-12)13-5-1-2-6-16(13)26/h1-10,15,20-23,29H,11H2/t15-,20+,21+,22-,23-/m0/s1. The fourth-order valence-corrected chi connectivity index (χ4v) is 7.81. The number of nitrogens with one attached hydrogen (secondary N) is 1. The number of nitro groups is 1. The molecule has 0 radical (unpaired) electrons. The summed E-state index contributed by atoms with van der Waals surface area (Å²) in [6.07, 6.45) is 0.752. The Kier molecular flexibility index (Phi) is 6.45. The minimum Gasteiger partial charge on any atom is -0.376 e. The van der Waals surface area contributed by atoms with Crippen LogP contribution in [0.1, 0.15) is 29.5 Å². The van der Waals surface area contributed by atoms with E-state index in [0.29, 0.717) is 20.0 Å². The van der Waals surface area contributed by atoms with Gasteiger partial charge in [0.05, 0.1) is 31.9 Å². The highest BCUT2D eigenvalue weighted by Gasteiger charge is 2.51. The highest BCUT2D eigenvalue weighted by atomic mass is 35.5. The maximum Gasteiger partial charge on any atom is 0.282 e. The van der Waals surface area contributed by atoms with Crippen molar-refractivity contribution in [3.05, 3.63) is 97.0 Å². The van der Waals surface area contributed by atoms with E-state index in [1.54, 1.807) is 18.2 Å². The predicted molar refractivity (Wildman–Crippen MR) is 138 cm³/mol. The van der Waals surface area contributed by atoms with Gasteiger partial charge in [0, 0.05) is 27.3 Å². The third kappa shape index (κ3) is 4.19. The fourth-order valence-electron chi connectivity index (χ4n) is 5.05. The molecular formula is C24H18Cl4N2O2S. The summed E-state index contributed by atoms with van der Waals surface area (Å²) in [6.45, 7) is 0. The monoisotopic (exact) mass is 538 g/mol. The zero-order valence-corrected chi connectivity index (χ0v) is 20.9. The number of rotatable bonds is 4. The van der Waals surface area contributed by atoms with Gasteiger partial charge in [0.15, 0.2) is 0 Å². The number of halogens is 4. The molecule has 9 heteroatoms. The molecule has 170 valence electrons. The van der Waals surface area contributed by atoms with Gasteiger partial charge in [-0.25, -0.2) is 0 Å². The molecule has 1 heterocycles. The minimum atomic E-state index is -0.351. The summed E-state index contributed by atoms with van der Waals surface area (Å²) in [5.74, 6) is 0.0651. The van der Waals surface area contributed by atoms with Crippen molar-refractivity contribution in [2.75, 3.05) is 5.32 Å². The van der Waals surface area contributed by atoms with E-state index in [4.69, 9.17) is 46.4 Å². The van der Waals surface area contributed by atoms with Crippen LogP contribution in [0.15, 0.2) is 65.6 Å². The van der Waals surface area contributed by atoms with Crippen molar-refractivity contribution in [3.63, 3.8) is 0 Å². The van der Waals surface area contributed by atoms with Crippen LogP contribution < -0.4 is 5.32 Å². The zero-order valence-electron chi connectivity index (χ0n) is 17.1. The summed E-state index contributed by atoms with van der Waals surface area (Å²) in [5, 5.41) is 16.6. The van der Waals surface area contributed by atoms with E-state index < -0.39 is 0 Å². The van der Waals surface area contributed by atoms with Gasteiger partial charge in [0.2, 0.25) is 0 Å². The molecule has 33 heavy (non-hydrogen) atoms. The van der Waals surface area contributed by atoms with Crippen LogP contribution in [0.25, 0.3) is 0 Å². The molecule has 3 aromatic rings. The Morgan fingerprint density at radius 1 is 0.970 bits per heavy atom. The van der Waals surface area contributed by atoms with Crippen LogP contribution in [0.2, 0.25) is 15.1 Å². The number of hydrogen-bond donors (Lipinski definition) is 1. The molecule has 0 saturated heterocycles. The number of nitro benzene ring substituents is 1. The van der Waals surface area contributed by atoms with E-state index in [9.17, 15) is 10.1 Å². The Balaban J connectivity index is 1.58. The molecule has 0 unspecified atom stereocenters. The molecule has 2 aliphatic rings. The van der Waals surface area contributed by atoms with Crippen LogP contribution in [0.5, 0.6) is 0 Å². The summed E-state index contributed by atoms with van der Waals surface area (Å²) in [6, 6.07) is 18.1. The Bertz CT molecular complexity index is 1240. The molecule has 1 N–H and O–H groups in total. The molecular weight excluding hydrogens is 522 g/mol. The van der Waals surface area contributed by atoms with Gasteiger partial charge in [-0.3, -0.25) is 10.1 Å². The number of para-hydroxylation sites is 1. The third-order valence-corrected chi connectivity index (χ3v) is 9.39. The number of thioether (sulfide) groups is 1. The van der Waals surface area contributed by atoms with Crippen molar-refractivity contribution in [1.82, 2.24) is 0 Å². The van der Waals surface area contributed by atoms with Crippen LogP contribution in [0.3, 0.4) is 0 Å². The molecule has 5 rings (SSSR count). The summed E-state index contributed by atoms with van der Waals surface area (Å²) in [7, 11) is 0. The number of alkyl halides is 1. The van der Waals surface area contributed by atoms with Crippen molar-refractivity contribution in [2.24, 2.45) is 5.92 Å². The Hall–Kier alpha value is -1.63. The smallest absolute Gasteiger partial charge is 0.282 e. The zero-order chi connectivity index (χ0) is 23.3. The van der Waals surface area contributed by atoms with Crippen molar-refractivity contribution in [3.8, 4) is 0 Å². The first-order valence-electron chi connectivity index (χ1n) is 10.4. The van der Waals surface area contributed by atoms with E-state index in [1.165, 1.54) is 17.8 Å². The van der Waals surface area contributed by atoms with E-state index in [1.807, 2.05) is 36.4 Å². The summed E-state index contributed by atoms with van der Waals surface area (Å²) < 4.78 is 0. The summed E-state index contributed by atoms with van der Waals surface area (Å²) in [5.41, 5.74) is 2.86. The predicted octanol–water partition coefficient (Wildman–Crippen LogP) is 8.59. The molecule has 5 atom stereocenters. The van der Waals surface area contributed by atoms with Gasteiger partial charge < -0.3 is 5.32 Å². The lowest BCUT2D eigenvalue weighted by molar-refractivity contribution is -0.387. The lowest BCUT2D eigenvalue weighted by Gasteiger charge is -2.39. The second-order valence-corrected chi connectivity index (χ2v) is 11.3. The summed E-state index contributed by atoms with van der Waals surface area (Å²) in [4.78, 5) is 11.8. The van der Waals surface area contributed by atoms with Gasteiger partial charge in [-0.2, -0.15) is 0 Å². The lowest BCUT2D eigenvalue weighted by atomic mass is 9.77. The van der Waals surface area contributed by atoms with E-state index >= 15 is 0 Å². The molecule has 0 aromatic heterocycles. The molecule has 1 fully saturated rings. The van der Waals surface area contributed by atoms with Crippen molar-refractivity contribution >= 4 is 69.5 Å². The van der Waals surface area contributed by atoms with Gasteiger partial charge >= 0.3 is 0 Å². The molecule has 1 saturated carbocycles. The number of nitrogens with zero attached hydrogens (tertiary/aromatic N) is 1. The Morgan fingerprint density at radius 3 is 2.45 bits per heavy atom. The Morgan fingerprint density at radius 2 is 1.70 bits per heavy atom. The highest BCUT2D eigenvalue weighted by Crippen LogP contribution is 2.59. The largest absolute Gasteiger partial charge is 0.376 e. The van der Waals surface area contributed by atoms with Crippen LogP contribution in [-0.4, -0.2) is 15.6 Å². The molecule has 1 aliphatic heterocycles. The average Bonchev–Trinajstić information content (AvgIpc) is 3.10. The normalized spacial score (nSPS) is 25.8. The minimum absolute atomic E-state index is 0.0411. The van der Waals surface area contributed by atoms with Crippen LogP contribution in [0, 0.1) is 16.0 Å². The Labute approximate surface area is 215 Å². The number of hydrogen-bond acceptors (Lipinski definition) is 4. The van der Waals surface area contributed by atoms with Gasteiger partial charge in [-0.05, 0) is 47.7 Å². The first kappa shape index (κ1) is 23.1. The molecule has 4 nitrogen and oxygen atoms in total. The topological polar surface area (TPSA) is 55.2 Å². The first-order chi connectivity index (χ1) is 15.8. The lowest BCUT2D eigenvalue weighted by Crippen LogP contribution is -2.31. The molecule has 1 aliphatic carbocycles. The number of benzene rings is 3. The van der Waals surface area contributed by atoms with Gasteiger partial charge in [-0.1, -0.05) is 65.1 Å². The average molecular weight is 540 g/mol. The summed E-state index contributed by atoms with van der Waals surface area (Å²) >= 11 is 28.1. The van der Waals surface area contributed by atoms with Crippen LogP contribution in [0.4, 0.5) is 11.4 Å². The molecule has 0 amide bonds. The SMILES string of the molecule is O=[N+]([O-])c1ccccc1S[C@@H]1C[C@H]2[C@@H](c3cc(Cl)cc(Cl)c3N[C@H]2c2ccccc2Cl)[C@H]1Cl. The van der Waals surface area contributed by atoms with Gasteiger partial charge in [0.25, 0.3) is 5.69 Å². The number of anilines is 1. The van der Waals surface area contributed by atoms with Crippen LogP contribution >= 0.6 is 58.2 Å².